The number of nitrogens with zero attached hydrogens (tertiary/aromatic N) is 2. The third-order valence-electron chi connectivity index (χ3n) is 4.79. The van der Waals surface area contributed by atoms with Gasteiger partial charge in [0.2, 0.25) is 0 Å². The molecule has 1 aliphatic rings. The first-order valence-electron chi connectivity index (χ1n) is 10.1. The zero-order chi connectivity index (χ0) is 21.8. The van der Waals surface area contributed by atoms with Crippen molar-refractivity contribution in [3.63, 3.8) is 0 Å². The molecule has 156 valence electrons. The highest BCUT2D eigenvalue weighted by molar-refractivity contribution is 6.36. The number of carbonyl (C=O) groups is 2. The van der Waals surface area contributed by atoms with E-state index in [1.165, 1.54) is 4.90 Å². The second-order valence-electron chi connectivity index (χ2n) is 7.49. The summed E-state index contributed by atoms with van der Waals surface area (Å²) >= 11 is 0. The number of hydrogen-bond acceptors (Lipinski definition) is 5. The van der Waals surface area contributed by atoms with Gasteiger partial charge in [0.05, 0.1) is 18.2 Å². The van der Waals surface area contributed by atoms with E-state index in [0.29, 0.717) is 16.8 Å². The van der Waals surface area contributed by atoms with E-state index in [9.17, 15) is 9.59 Å². The van der Waals surface area contributed by atoms with Crippen LogP contribution in [0.4, 0.5) is 5.69 Å². The Morgan fingerprint density at radius 1 is 0.935 bits per heavy atom. The zero-order valence-electron chi connectivity index (χ0n) is 17.4. The number of carbonyl (C=O) groups excluding carboxylic acids is 2. The average Bonchev–Trinajstić information content (AvgIpc) is 3.00. The predicted octanol–water partition coefficient (Wildman–Crippen LogP) is 4.26. The topological polar surface area (TPSA) is 71.5 Å². The molecule has 0 unspecified atom stereocenters. The van der Waals surface area contributed by atoms with Crippen molar-refractivity contribution in [2.45, 2.75) is 26.5 Å². The monoisotopic (exact) mass is 413 g/mol. The van der Waals surface area contributed by atoms with E-state index in [1.54, 1.807) is 18.5 Å². The molecule has 6 heteroatoms. The maximum atomic E-state index is 13.3. The van der Waals surface area contributed by atoms with Crippen molar-refractivity contribution >= 4 is 23.1 Å². The van der Waals surface area contributed by atoms with Gasteiger partial charge in [-0.25, -0.2) is 0 Å². The van der Waals surface area contributed by atoms with E-state index in [2.05, 4.69) is 10.3 Å². The molecule has 1 aromatic heterocycles. The molecule has 3 aromatic rings. The lowest BCUT2D eigenvalue weighted by atomic mass is 10.0. The Morgan fingerprint density at radius 3 is 2.32 bits per heavy atom. The van der Waals surface area contributed by atoms with Crippen LogP contribution in [0.15, 0.2) is 84.8 Å². The van der Waals surface area contributed by atoms with Gasteiger partial charge in [0.1, 0.15) is 11.4 Å². The summed E-state index contributed by atoms with van der Waals surface area (Å²) < 4.78 is 5.68. The lowest BCUT2D eigenvalue weighted by Crippen LogP contribution is -2.32. The number of nitrogens with one attached hydrogen (secondary N) is 1. The first-order chi connectivity index (χ1) is 15.0. The molecule has 6 nitrogen and oxygen atoms in total. The van der Waals surface area contributed by atoms with E-state index >= 15 is 0 Å². The summed E-state index contributed by atoms with van der Waals surface area (Å²) in [6, 6.07) is 20.2. The minimum absolute atomic E-state index is 0.0706. The fourth-order valence-electron chi connectivity index (χ4n) is 3.42. The van der Waals surface area contributed by atoms with Crippen molar-refractivity contribution < 1.29 is 14.3 Å². The molecule has 1 aliphatic heterocycles. The standard InChI is InChI=1S/C25H23N3O3/c1-17(2)31-21-12-10-20(11-13-21)27-23-22(19-8-4-3-5-9-19)24(29)28(25(23)30)16-18-7-6-14-26-15-18/h3-15,17,27H,16H2,1-2H3. The summed E-state index contributed by atoms with van der Waals surface area (Å²) in [4.78, 5) is 31.9. The van der Waals surface area contributed by atoms with Crippen LogP contribution in [0.2, 0.25) is 0 Å². The molecule has 2 amide bonds. The van der Waals surface area contributed by atoms with Crippen LogP contribution >= 0.6 is 0 Å². The Hall–Kier alpha value is -3.93. The quantitative estimate of drug-likeness (QED) is 0.586. The van der Waals surface area contributed by atoms with Gasteiger partial charge in [-0.05, 0) is 55.3 Å². The number of benzene rings is 2. The lowest BCUT2D eigenvalue weighted by molar-refractivity contribution is -0.137. The molecule has 0 saturated heterocycles. The van der Waals surface area contributed by atoms with E-state index < -0.39 is 0 Å². The molecule has 0 radical (unpaired) electrons. The molecule has 0 saturated carbocycles. The minimum atomic E-state index is -0.366. The number of hydrogen-bond donors (Lipinski definition) is 1. The van der Waals surface area contributed by atoms with Crippen LogP contribution < -0.4 is 10.1 Å². The number of anilines is 1. The third kappa shape index (κ3) is 4.48. The van der Waals surface area contributed by atoms with Crippen LogP contribution in [0.3, 0.4) is 0 Å². The molecule has 2 heterocycles. The number of imide groups is 1. The highest BCUT2D eigenvalue weighted by atomic mass is 16.5. The Morgan fingerprint density at radius 2 is 1.68 bits per heavy atom. The van der Waals surface area contributed by atoms with E-state index in [4.69, 9.17) is 4.74 Å². The lowest BCUT2D eigenvalue weighted by Gasteiger charge is -2.15. The van der Waals surface area contributed by atoms with Gasteiger partial charge in [-0.2, -0.15) is 0 Å². The van der Waals surface area contributed by atoms with Crippen LogP contribution in [0.5, 0.6) is 5.75 Å². The van der Waals surface area contributed by atoms with Crippen molar-refractivity contribution in [2.75, 3.05) is 5.32 Å². The molecule has 0 aliphatic carbocycles. The SMILES string of the molecule is CC(C)Oc1ccc(NC2=C(c3ccccc3)C(=O)N(Cc3cccnc3)C2=O)cc1. The summed E-state index contributed by atoms with van der Waals surface area (Å²) in [5, 5.41) is 3.16. The fraction of sp³-hybridized carbons (Fsp3) is 0.160. The Balaban J connectivity index is 1.66. The van der Waals surface area contributed by atoms with Gasteiger partial charge in [-0.3, -0.25) is 19.5 Å². The zero-order valence-corrected chi connectivity index (χ0v) is 17.4. The van der Waals surface area contributed by atoms with Crippen LogP contribution in [0.1, 0.15) is 25.0 Å². The molecule has 0 atom stereocenters. The van der Waals surface area contributed by atoms with Crippen molar-refractivity contribution in [2.24, 2.45) is 0 Å². The molecule has 0 bridgehead atoms. The molecule has 31 heavy (non-hydrogen) atoms. The van der Waals surface area contributed by atoms with Crippen LogP contribution in [-0.2, 0) is 16.1 Å². The van der Waals surface area contributed by atoms with Gasteiger partial charge in [-0.1, -0.05) is 36.4 Å². The molecular formula is C25H23N3O3. The molecule has 2 aromatic carbocycles. The average molecular weight is 413 g/mol. The molecule has 1 N–H and O–H groups in total. The highest BCUT2D eigenvalue weighted by Crippen LogP contribution is 2.31. The first kappa shape index (κ1) is 20.3. The Kier molecular flexibility index (Phi) is 5.80. The van der Waals surface area contributed by atoms with Crippen LogP contribution in [0.25, 0.3) is 5.57 Å². The van der Waals surface area contributed by atoms with Gasteiger partial charge < -0.3 is 10.1 Å². The Bertz CT molecular complexity index is 1110. The molecule has 4 rings (SSSR count). The van der Waals surface area contributed by atoms with Gasteiger partial charge in [-0.15, -0.1) is 0 Å². The molecular weight excluding hydrogens is 390 g/mol. The van der Waals surface area contributed by atoms with Crippen molar-refractivity contribution in [3.05, 3.63) is 95.9 Å². The number of aromatic nitrogens is 1. The maximum absolute atomic E-state index is 13.3. The van der Waals surface area contributed by atoms with Gasteiger partial charge in [0, 0.05) is 18.1 Å². The first-order valence-corrected chi connectivity index (χ1v) is 10.1. The van der Waals surface area contributed by atoms with Crippen LogP contribution in [-0.4, -0.2) is 27.8 Å². The summed E-state index contributed by atoms with van der Waals surface area (Å²) in [7, 11) is 0. The van der Waals surface area contributed by atoms with Crippen molar-refractivity contribution in [1.29, 1.82) is 0 Å². The normalized spacial score (nSPS) is 13.8. The number of pyridine rings is 1. The predicted molar refractivity (Wildman–Crippen MR) is 119 cm³/mol. The van der Waals surface area contributed by atoms with Crippen molar-refractivity contribution in [1.82, 2.24) is 9.88 Å². The number of amides is 2. The number of rotatable bonds is 7. The molecule has 0 fully saturated rings. The summed E-state index contributed by atoms with van der Waals surface area (Å²) in [5.74, 6) is 0.0439. The summed E-state index contributed by atoms with van der Waals surface area (Å²) in [5.41, 5.74) is 2.79. The maximum Gasteiger partial charge on any atom is 0.278 e. The van der Waals surface area contributed by atoms with Gasteiger partial charge >= 0.3 is 0 Å². The van der Waals surface area contributed by atoms with E-state index in [0.717, 1.165) is 11.3 Å². The smallest absolute Gasteiger partial charge is 0.278 e. The Labute approximate surface area is 181 Å². The van der Waals surface area contributed by atoms with E-state index in [-0.39, 0.29) is 30.2 Å². The van der Waals surface area contributed by atoms with Gasteiger partial charge in [0.15, 0.2) is 0 Å². The molecule has 0 spiro atoms. The highest BCUT2D eigenvalue weighted by Gasteiger charge is 2.39. The van der Waals surface area contributed by atoms with Crippen molar-refractivity contribution in [3.8, 4) is 5.75 Å². The van der Waals surface area contributed by atoms with Crippen LogP contribution in [0, 0.1) is 0 Å². The van der Waals surface area contributed by atoms with E-state index in [1.807, 2.05) is 74.5 Å². The minimum Gasteiger partial charge on any atom is -0.491 e. The fourth-order valence-corrected chi connectivity index (χ4v) is 3.42. The second-order valence-corrected chi connectivity index (χ2v) is 7.49. The summed E-state index contributed by atoms with van der Waals surface area (Å²) in [6.45, 7) is 4.08. The van der Waals surface area contributed by atoms with Gasteiger partial charge in [0.25, 0.3) is 11.8 Å². The second kappa shape index (κ2) is 8.83. The third-order valence-corrected chi connectivity index (χ3v) is 4.79. The number of ether oxygens (including phenoxy) is 1. The largest absolute Gasteiger partial charge is 0.491 e. The summed E-state index contributed by atoms with van der Waals surface area (Å²) in [6.07, 6.45) is 3.38.